The van der Waals surface area contributed by atoms with Crippen LogP contribution in [0.25, 0.3) is 0 Å². The molecule has 2 aliphatic carbocycles. The van der Waals surface area contributed by atoms with E-state index in [4.69, 9.17) is 23.2 Å². The average Bonchev–Trinajstić information content (AvgIpc) is 3.52. The van der Waals surface area contributed by atoms with Crippen molar-refractivity contribution in [2.75, 3.05) is 13.2 Å². The highest BCUT2D eigenvalue weighted by Crippen LogP contribution is 2.47. The minimum atomic E-state index is -4.63. The lowest BCUT2D eigenvalue weighted by Crippen LogP contribution is -2.57. The van der Waals surface area contributed by atoms with Crippen molar-refractivity contribution in [3.05, 3.63) is 52.0 Å². The molecule has 43 heavy (non-hydrogen) atoms. The molecule has 1 aromatic carbocycles. The Kier molecular flexibility index (Phi) is 8.07. The fraction of sp³-hybridized carbons (Fsp3) is 0.481. The number of benzene rings is 1. The number of nitrogens with zero attached hydrogens (tertiary/aromatic N) is 3. The summed E-state index contributed by atoms with van der Waals surface area (Å²) in [5.74, 6) is -2.54. The second-order valence-electron chi connectivity index (χ2n) is 11.0. The molecule has 230 valence electrons. The summed E-state index contributed by atoms with van der Waals surface area (Å²) in [7, 11) is -4.36. The highest BCUT2D eigenvalue weighted by molar-refractivity contribution is 7.92. The SMILES string of the molecule is N#CC1(NC(=O)[C@@H]2C[C@@H](S(=O)(=O)c3ccc(OCC(F)(F)F)cc3Cl)CN2C(=O)C2(c3ncc(Cl)cc3F)CCC2)CC1. The van der Waals surface area contributed by atoms with E-state index < -0.39 is 79.0 Å². The van der Waals surface area contributed by atoms with Gasteiger partial charge in [0.2, 0.25) is 11.8 Å². The van der Waals surface area contributed by atoms with Crippen LogP contribution in [0.15, 0.2) is 35.4 Å². The Morgan fingerprint density at radius 2 is 1.88 bits per heavy atom. The van der Waals surface area contributed by atoms with Crippen molar-refractivity contribution in [3.8, 4) is 11.8 Å². The van der Waals surface area contributed by atoms with Crippen LogP contribution in [-0.4, -0.2) is 66.3 Å². The molecule has 5 rings (SSSR count). The molecule has 0 radical (unpaired) electrons. The number of aromatic nitrogens is 1. The number of hydrogen-bond acceptors (Lipinski definition) is 7. The molecule has 2 amide bonds. The number of hydrogen-bond donors (Lipinski definition) is 1. The van der Waals surface area contributed by atoms with Crippen LogP contribution in [0.3, 0.4) is 0 Å². The van der Waals surface area contributed by atoms with Gasteiger partial charge in [-0.3, -0.25) is 14.6 Å². The maximum atomic E-state index is 15.0. The van der Waals surface area contributed by atoms with Crippen LogP contribution >= 0.6 is 23.2 Å². The number of carbonyl (C=O) groups is 2. The lowest BCUT2D eigenvalue weighted by Gasteiger charge is -2.43. The summed E-state index contributed by atoms with van der Waals surface area (Å²) in [5.41, 5.74) is -2.73. The lowest BCUT2D eigenvalue weighted by atomic mass is 9.65. The lowest BCUT2D eigenvalue weighted by molar-refractivity contribution is -0.153. The number of nitrogens with one attached hydrogen (secondary N) is 1. The van der Waals surface area contributed by atoms with E-state index in [1.54, 1.807) is 0 Å². The fourth-order valence-electron chi connectivity index (χ4n) is 5.47. The summed E-state index contributed by atoms with van der Waals surface area (Å²) in [4.78, 5) is 32.3. The Balaban J connectivity index is 1.46. The van der Waals surface area contributed by atoms with Gasteiger partial charge in [-0.05, 0) is 50.3 Å². The maximum Gasteiger partial charge on any atom is 0.422 e. The van der Waals surface area contributed by atoms with Crippen molar-refractivity contribution < 1.29 is 40.3 Å². The van der Waals surface area contributed by atoms with E-state index in [-0.39, 0.29) is 35.7 Å². The number of halogens is 6. The monoisotopic (exact) mass is 662 g/mol. The van der Waals surface area contributed by atoms with Crippen LogP contribution in [-0.2, 0) is 24.8 Å². The first-order valence-electron chi connectivity index (χ1n) is 13.2. The minimum absolute atomic E-state index is 0.0192. The molecule has 2 heterocycles. The molecule has 0 unspecified atom stereocenters. The van der Waals surface area contributed by atoms with Crippen LogP contribution in [0.4, 0.5) is 17.6 Å². The summed E-state index contributed by atoms with van der Waals surface area (Å²) < 4.78 is 84.8. The van der Waals surface area contributed by atoms with E-state index in [2.05, 4.69) is 15.0 Å². The van der Waals surface area contributed by atoms with Crippen molar-refractivity contribution in [2.24, 2.45) is 0 Å². The van der Waals surface area contributed by atoms with Crippen molar-refractivity contribution in [1.82, 2.24) is 15.2 Å². The average molecular weight is 663 g/mol. The Morgan fingerprint density at radius 1 is 1.19 bits per heavy atom. The normalized spacial score (nSPS) is 22.3. The molecule has 1 aliphatic heterocycles. The van der Waals surface area contributed by atoms with E-state index >= 15 is 4.39 Å². The summed E-state index contributed by atoms with van der Waals surface area (Å²) >= 11 is 12.0. The van der Waals surface area contributed by atoms with Gasteiger partial charge in [0.1, 0.15) is 23.1 Å². The number of rotatable bonds is 8. The number of likely N-dealkylation sites (tertiary alicyclic amines) is 1. The number of amides is 2. The van der Waals surface area contributed by atoms with Crippen molar-refractivity contribution in [1.29, 1.82) is 5.26 Å². The second-order valence-corrected chi connectivity index (χ2v) is 14.0. The molecule has 1 saturated heterocycles. The van der Waals surface area contributed by atoms with Crippen molar-refractivity contribution in [2.45, 2.75) is 71.8 Å². The Morgan fingerprint density at radius 3 is 2.42 bits per heavy atom. The van der Waals surface area contributed by atoms with E-state index in [1.807, 2.05) is 6.07 Å². The predicted octanol–water partition coefficient (Wildman–Crippen LogP) is 4.51. The smallest absolute Gasteiger partial charge is 0.422 e. The van der Waals surface area contributed by atoms with Crippen LogP contribution in [0.5, 0.6) is 5.75 Å². The third kappa shape index (κ3) is 5.99. The van der Waals surface area contributed by atoms with Crippen LogP contribution in [0.2, 0.25) is 10.0 Å². The number of carbonyl (C=O) groups excluding carboxylic acids is 2. The molecule has 3 aliphatic rings. The number of ether oxygens (including phenoxy) is 1. The zero-order chi connectivity index (χ0) is 31.4. The van der Waals surface area contributed by atoms with Gasteiger partial charge in [-0.2, -0.15) is 18.4 Å². The van der Waals surface area contributed by atoms with Crippen LogP contribution in [0, 0.1) is 17.1 Å². The summed E-state index contributed by atoms with van der Waals surface area (Å²) in [6.45, 7) is -2.07. The first-order valence-corrected chi connectivity index (χ1v) is 15.5. The quantitative estimate of drug-likeness (QED) is 0.412. The molecule has 2 saturated carbocycles. The van der Waals surface area contributed by atoms with E-state index in [1.165, 1.54) is 6.20 Å². The highest BCUT2D eigenvalue weighted by atomic mass is 35.5. The molecular formula is C27H24Cl2F4N4O5S. The van der Waals surface area contributed by atoms with Crippen molar-refractivity contribution in [3.63, 3.8) is 0 Å². The predicted molar refractivity (Wildman–Crippen MR) is 145 cm³/mol. The largest absolute Gasteiger partial charge is 0.484 e. The van der Waals surface area contributed by atoms with E-state index in [0.717, 1.165) is 29.2 Å². The summed E-state index contributed by atoms with van der Waals surface area (Å²) in [6, 6.07) is 4.67. The van der Waals surface area contributed by atoms with Gasteiger partial charge in [0, 0.05) is 18.8 Å². The van der Waals surface area contributed by atoms with E-state index in [0.29, 0.717) is 19.3 Å². The third-order valence-electron chi connectivity index (χ3n) is 8.08. The Hall–Kier alpha value is -3.15. The van der Waals surface area contributed by atoms with Gasteiger partial charge in [-0.15, -0.1) is 0 Å². The van der Waals surface area contributed by atoms with Gasteiger partial charge in [-0.1, -0.05) is 29.6 Å². The van der Waals surface area contributed by atoms with Gasteiger partial charge in [0.15, 0.2) is 16.4 Å². The Labute approximate surface area is 254 Å². The molecule has 1 aromatic heterocycles. The van der Waals surface area contributed by atoms with Gasteiger partial charge >= 0.3 is 6.18 Å². The number of nitriles is 1. The summed E-state index contributed by atoms with van der Waals surface area (Å²) in [5, 5.41) is 10.3. The standard InChI is InChI=1S/C27H24Cl2F4N4O5S/c28-15-8-19(30)22(35-11-15)26(4-1-5-26)24(39)37-12-17(10-20(37)23(38)36-25(13-34)6-7-25)43(40,41)21-3-2-16(9-18(21)29)42-14-27(31,32)33/h2-3,8-9,11,17,20H,1,4-7,10,12,14H2,(H,36,38)/t17-,20+/m1/s1. The highest BCUT2D eigenvalue weighted by Gasteiger charge is 2.56. The van der Waals surface area contributed by atoms with Crippen molar-refractivity contribution >= 4 is 44.9 Å². The first kappa shape index (κ1) is 31.3. The Bertz CT molecular complexity index is 1620. The molecule has 0 spiro atoms. The maximum absolute atomic E-state index is 15.0. The van der Waals surface area contributed by atoms with Gasteiger partial charge in [0.05, 0.1) is 37.4 Å². The number of sulfone groups is 1. The number of pyridine rings is 1. The van der Waals surface area contributed by atoms with Gasteiger partial charge in [0.25, 0.3) is 0 Å². The minimum Gasteiger partial charge on any atom is -0.484 e. The van der Waals surface area contributed by atoms with Crippen LogP contribution in [0.1, 0.15) is 44.2 Å². The topological polar surface area (TPSA) is 129 Å². The molecule has 3 fully saturated rings. The molecule has 1 N–H and O–H groups in total. The molecule has 16 heteroatoms. The molecule has 9 nitrogen and oxygen atoms in total. The van der Waals surface area contributed by atoms with E-state index in [9.17, 15) is 36.4 Å². The zero-order valence-electron chi connectivity index (χ0n) is 22.3. The first-order chi connectivity index (χ1) is 20.1. The molecular weight excluding hydrogens is 639 g/mol. The molecule has 2 aromatic rings. The second kappa shape index (κ2) is 11.1. The number of alkyl halides is 3. The molecule has 0 bridgehead atoms. The van der Waals surface area contributed by atoms with Gasteiger partial charge < -0.3 is 15.0 Å². The van der Waals surface area contributed by atoms with Crippen LogP contribution < -0.4 is 10.1 Å². The third-order valence-corrected chi connectivity index (χ3v) is 10.9. The summed E-state index contributed by atoms with van der Waals surface area (Å²) in [6.07, 6.45) is -2.06. The fourth-order valence-corrected chi connectivity index (χ4v) is 7.85. The van der Waals surface area contributed by atoms with Gasteiger partial charge in [-0.25, -0.2) is 12.8 Å². The zero-order valence-corrected chi connectivity index (χ0v) is 24.6. The molecule has 2 atom stereocenters.